The molecule has 0 aliphatic heterocycles. The van der Waals surface area contributed by atoms with E-state index in [1.54, 1.807) is 0 Å². The molecule has 0 fully saturated rings. The molecule has 104 valence electrons. The molecule has 0 aliphatic rings. The Kier molecular flexibility index (Phi) is 6.35. The maximum absolute atomic E-state index is 9.28. The first-order valence-electron chi connectivity index (χ1n) is 7.27. The lowest BCUT2D eigenvalue weighted by atomic mass is 10.0. The molecule has 0 radical (unpaired) electrons. The summed E-state index contributed by atoms with van der Waals surface area (Å²) < 4.78 is 0. The lowest BCUT2D eigenvalue weighted by Gasteiger charge is -2.20. The fraction of sp³-hybridized carbons (Fsp3) is 0.625. The highest BCUT2D eigenvalue weighted by atomic mass is 15.0. The average molecular weight is 259 g/mol. The fourth-order valence-corrected chi connectivity index (χ4v) is 2.36. The molecular formula is C16H25N3. The molecule has 19 heavy (non-hydrogen) atoms. The minimum atomic E-state index is 0.422. The van der Waals surface area contributed by atoms with E-state index in [0.29, 0.717) is 11.6 Å². The van der Waals surface area contributed by atoms with Gasteiger partial charge in [-0.15, -0.1) is 0 Å². The summed E-state index contributed by atoms with van der Waals surface area (Å²) in [7, 11) is 0. The quantitative estimate of drug-likeness (QED) is 0.792. The Bertz CT molecular complexity index is 446. The molecule has 1 aromatic heterocycles. The third-order valence-electron chi connectivity index (χ3n) is 3.34. The van der Waals surface area contributed by atoms with Crippen molar-refractivity contribution in [3.05, 3.63) is 22.9 Å². The average Bonchev–Trinajstić information content (AvgIpc) is 2.35. The van der Waals surface area contributed by atoms with E-state index in [1.165, 1.54) is 12.8 Å². The zero-order valence-electron chi connectivity index (χ0n) is 12.6. The van der Waals surface area contributed by atoms with Crippen LogP contribution in [0, 0.1) is 25.2 Å². The maximum atomic E-state index is 9.28. The SMILES string of the molecule is CCCCC(CCC)Nc1nc(C)cc(C)c1C#N. The third-order valence-corrected chi connectivity index (χ3v) is 3.34. The highest BCUT2D eigenvalue weighted by molar-refractivity contribution is 5.56. The van der Waals surface area contributed by atoms with Crippen molar-refractivity contribution in [2.24, 2.45) is 0 Å². The van der Waals surface area contributed by atoms with Crippen LogP contribution in [0.1, 0.15) is 62.8 Å². The van der Waals surface area contributed by atoms with Crippen LogP contribution in [0.3, 0.4) is 0 Å². The van der Waals surface area contributed by atoms with Gasteiger partial charge in [0.1, 0.15) is 11.9 Å². The van der Waals surface area contributed by atoms with Crippen LogP contribution in [0.5, 0.6) is 0 Å². The molecule has 0 aliphatic carbocycles. The number of nitrogens with one attached hydrogen (secondary N) is 1. The van der Waals surface area contributed by atoms with Gasteiger partial charge in [-0.05, 0) is 38.3 Å². The zero-order valence-corrected chi connectivity index (χ0v) is 12.6. The van der Waals surface area contributed by atoms with Crippen LogP contribution in [0.15, 0.2) is 6.07 Å². The van der Waals surface area contributed by atoms with Crippen molar-refractivity contribution in [2.45, 2.75) is 65.8 Å². The standard InChI is InChI=1S/C16H25N3/c1-5-7-9-14(8-6-2)19-16-15(11-17)12(3)10-13(4)18-16/h10,14H,5-9H2,1-4H3,(H,18,19). The smallest absolute Gasteiger partial charge is 0.144 e. The minimum absolute atomic E-state index is 0.422. The largest absolute Gasteiger partial charge is 0.366 e. The number of aromatic nitrogens is 1. The summed E-state index contributed by atoms with van der Waals surface area (Å²) in [6.45, 7) is 8.35. The molecule has 0 amide bonds. The second kappa shape index (κ2) is 7.78. The molecule has 3 nitrogen and oxygen atoms in total. The van der Waals surface area contributed by atoms with Crippen molar-refractivity contribution >= 4 is 5.82 Å². The molecule has 1 aromatic rings. The van der Waals surface area contributed by atoms with Crippen LogP contribution in [-0.2, 0) is 0 Å². The number of nitrogens with zero attached hydrogens (tertiary/aromatic N) is 2. The molecule has 1 rings (SSSR count). The van der Waals surface area contributed by atoms with Crippen molar-refractivity contribution in [3.63, 3.8) is 0 Å². The Morgan fingerprint density at radius 3 is 2.58 bits per heavy atom. The summed E-state index contributed by atoms with van der Waals surface area (Å²) in [5.41, 5.74) is 2.65. The van der Waals surface area contributed by atoms with Crippen molar-refractivity contribution in [3.8, 4) is 6.07 Å². The highest BCUT2D eigenvalue weighted by Crippen LogP contribution is 2.20. The van der Waals surface area contributed by atoms with Gasteiger partial charge in [0.25, 0.3) is 0 Å². The summed E-state index contributed by atoms with van der Waals surface area (Å²) in [5, 5.41) is 12.8. The zero-order chi connectivity index (χ0) is 14.3. The van der Waals surface area contributed by atoms with Gasteiger partial charge in [-0.2, -0.15) is 5.26 Å². The van der Waals surface area contributed by atoms with E-state index < -0.39 is 0 Å². The van der Waals surface area contributed by atoms with Gasteiger partial charge >= 0.3 is 0 Å². The van der Waals surface area contributed by atoms with E-state index >= 15 is 0 Å². The first-order valence-corrected chi connectivity index (χ1v) is 7.27. The number of aryl methyl sites for hydroxylation is 2. The van der Waals surface area contributed by atoms with E-state index in [9.17, 15) is 5.26 Å². The number of pyridine rings is 1. The maximum Gasteiger partial charge on any atom is 0.144 e. The summed E-state index contributed by atoms with van der Waals surface area (Å²) in [6.07, 6.45) is 5.83. The lowest BCUT2D eigenvalue weighted by Crippen LogP contribution is -2.21. The van der Waals surface area contributed by atoms with Crippen LogP contribution < -0.4 is 5.32 Å². The molecule has 0 aromatic carbocycles. The topological polar surface area (TPSA) is 48.7 Å². The molecular weight excluding hydrogens is 234 g/mol. The molecule has 3 heteroatoms. The Hall–Kier alpha value is -1.56. The number of unbranched alkanes of at least 4 members (excludes halogenated alkanes) is 1. The molecule has 1 unspecified atom stereocenters. The normalized spacial score (nSPS) is 11.9. The van der Waals surface area contributed by atoms with Gasteiger partial charge in [-0.3, -0.25) is 0 Å². The predicted octanol–water partition coefficient (Wildman–Crippen LogP) is 4.34. The first kappa shape index (κ1) is 15.5. The molecule has 1 heterocycles. The van der Waals surface area contributed by atoms with Crippen molar-refractivity contribution < 1.29 is 0 Å². The number of anilines is 1. The molecule has 0 bridgehead atoms. The molecule has 1 N–H and O–H groups in total. The first-order chi connectivity index (χ1) is 9.12. The highest BCUT2D eigenvalue weighted by Gasteiger charge is 2.13. The van der Waals surface area contributed by atoms with Gasteiger partial charge in [0.15, 0.2) is 0 Å². The van der Waals surface area contributed by atoms with Crippen molar-refractivity contribution in [1.29, 1.82) is 5.26 Å². The van der Waals surface area contributed by atoms with Gasteiger partial charge in [-0.1, -0.05) is 33.1 Å². The fourth-order valence-electron chi connectivity index (χ4n) is 2.36. The molecule has 1 atom stereocenters. The van der Waals surface area contributed by atoms with Crippen molar-refractivity contribution in [1.82, 2.24) is 4.98 Å². The van der Waals surface area contributed by atoms with Crippen LogP contribution >= 0.6 is 0 Å². The Balaban J connectivity index is 2.92. The molecule has 0 spiro atoms. The van der Waals surface area contributed by atoms with Gasteiger partial charge in [0.05, 0.1) is 5.56 Å². The molecule has 0 saturated carbocycles. The molecule has 0 saturated heterocycles. The third kappa shape index (κ3) is 4.55. The summed E-state index contributed by atoms with van der Waals surface area (Å²) in [5.74, 6) is 0.759. The second-order valence-electron chi connectivity index (χ2n) is 5.19. The number of rotatable bonds is 7. The lowest BCUT2D eigenvalue weighted by molar-refractivity contribution is 0.562. The monoisotopic (exact) mass is 259 g/mol. The summed E-state index contributed by atoms with van der Waals surface area (Å²) in [4.78, 5) is 4.50. The van der Waals surface area contributed by atoms with Crippen LogP contribution in [0.4, 0.5) is 5.82 Å². The van der Waals surface area contributed by atoms with Crippen LogP contribution in [0.25, 0.3) is 0 Å². The van der Waals surface area contributed by atoms with Gasteiger partial charge in [-0.25, -0.2) is 4.98 Å². The number of hydrogen-bond donors (Lipinski definition) is 1. The number of hydrogen-bond acceptors (Lipinski definition) is 3. The van der Waals surface area contributed by atoms with Gasteiger partial charge < -0.3 is 5.32 Å². The van der Waals surface area contributed by atoms with E-state index in [1.807, 2.05) is 19.9 Å². The van der Waals surface area contributed by atoms with E-state index in [2.05, 4.69) is 30.2 Å². The minimum Gasteiger partial charge on any atom is -0.366 e. The van der Waals surface area contributed by atoms with E-state index in [0.717, 1.165) is 36.3 Å². The predicted molar refractivity (Wildman–Crippen MR) is 80.3 cm³/mol. The Morgan fingerprint density at radius 1 is 1.26 bits per heavy atom. The second-order valence-corrected chi connectivity index (χ2v) is 5.19. The number of nitriles is 1. The Morgan fingerprint density at radius 2 is 2.00 bits per heavy atom. The van der Waals surface area contributed by atoms with Gasteiger partial charge in [0.2, 0.25) is 0 Å². The van der Waals surface area contributed by atoms with E-state index in [-0.39, 0.29) is 0 Å². The van der Waals surface area contributed by atoms with Gasteiger partial charge in [0, 0.05) is 11.7 Å². The van der Waals surface area contributed by atoms with Crippen molar-refractivity contribution in [2.75, 3.05) is 5.32 Å². The summed E-state index contributed by atoms with van der Waals surface area (Å²) in [6, 6.07) is 4.65. The van der Waals surface area contributed by atoms with Crippen LogP contribution in [0.2, 0.25) is 0 Å². The Labute approximate surface area is 117 Å². The summed E-state index contributed by atoms with van der Waals surface area (Å²) >= 11 is 0. The van der Waals surface area contributed by atoms with E-state index in [4.69, 9.17) is 0 Å². The van der Waals surface area contributed by atoms with Crippen LogP contribution in [-0.4, -0.2) is 11.0 Å².